The Kier molecular flexibility index (Phi) is 8.00. The number of alkyl halides is 1. The maximum absolute atomic E-state index is 5.91. The van der Waals surface area contributed by atoms with Crippen molar-refractivity contribution in [3.63, 3.8) is 0 Å². The number of hydrogen-bond donors (Lipinski definition) is 0. The van der Waals surface area contributed by atoms with E-state index in [1.807, 2.05) is 6.07 Å². The van der Waals surface area contributed by atoms with E-state index in [1.165, 1.54) is 31.2 Å². The van der Waals surface area contributed by atoms with Gasteiger partial charge in [-0.15, -0.1) is 0 Å². The zero-order chi connectivity index (χ0) is 13.4. The van der Waals surface area contributed by atoms with Crippen LogP contribution in [0, 0.1) is 5.92 Å². The predicted molar refractivity (Wildman–Crippen MR) is 85.6 cm³/mol. The summed E-state index contributed by atoms with van der Waals surface area (Å²) in [7, 11) is 0. The lowest BCUT2D eigenvalue weighted by Crippen LogP contribution is -2.11. The maximum atomic E-state index is 5.91. The van der Waals surface area contributed by atoms with Crippen molar-refractivity contribution in [2.45, 2.75) is 44.9 Å². The standard InChI is InChI=1S/C15H22Br2O/c1-3-5-6-12(4-2)11-18-14-7-8-15(17)13(9-14)10-16/h7-9,12H,3-6,10-11H2,1-2H3. The van der Waals surface area contributed by atoms with Crippen molar-refractivity contribution >= 4 is 31.9 Å². The first-order chi connectivity index (χ1) is 8.71. The second-order valence-electron chi connectivity index (χ2n) is 4.61. The summed E-state index contributed by atoms with van der Waals surface area (Å²) in [6.45, 7) is 5.32. The summed E-state index contributed by atoms with van der Waals surface area (Å²) < 4.78 is 7.04. The Morgan fingerprint density at radius 2 is 2.06 bits per heavy atom. The summed E-state index contributed by atoms with van der Waals surface area (Å²) in [5.74, 6) is 1.66. The highest BCUT2D eigenvalue weighted by Gasteiger charge is 2.08. The van der Waals surface area contributed by atoms with Crippen LogP contribution in [0.15, 0.2) is 22.7 Å². The van der Waals surface area contributed by atoms with Gasteiger partial charge < -0.3 is 4.74 Å². The van der Waals surface area contributed by atoms with E-state index in [0.29, 0.717) is 5.92 Å². The molecule has 102 valence electrons. The third-order valence-electron chi connectivity index (χ3n) is 3.19. The molecule has 0 amide bonds. The van der Waals surface area contributed by atoms with E-state index in [4.69, 9.17) is 4.74 Å². The van der Waals surface area contributed by atoms with Gasteiger partial charge in [-0.3, -0.25) is 0 Å². The summed E-state index contributed by atoms with van der Waals surface area (Å²) in [5.41, 5.74) is 1.23. The van der Waals surface area contributed by atoms with Gasteiger partial charge in [-0.25, -0.2) is 0 Å². The largest absolute Gasteiger partial charge is 0.493 e. The van der Waals surface area contributed by atoms with E-state index in [0.717, 1.165) is 22.2 Å². The fraction of sp³-hybridized carbons (Fsp3) is 0.600. The van der Waals surface area contributed by atoms with E-state index in [2.05, 4.69) is 57.8 Å². The molecule has 1 aromatic carbocycles. The van der Waals surface area contributed by atoms with Crippen LogP contribution in [0.4, 0.5) is 0 Å². The molecular formula is C15H22Br2O. The van der Waals surface area contributed by atoms with Gasteiger partial charge in [0.25, 0.3) is 0 Å². The summed E-state index contributed by atoms with van der Waals surface area (Å²) in [6.07, 6.45) is 5.04. The molecule has 0 bridgehead atoms. The molecule has 0 N–H and O–H groups in total. The van der Waals surface area contributed by atoms with Crippen molar-refractivity contribution in [1.29, 1.82) is 0 Å². The molecule has 0 aliphatic carbocycles. The van der Waals surface area contributed by atoms with Crippen LogP contribution in [0.1, 0.15) is 45.1 Å². The van der Waals surface area contributed by atoms with Crippen molar-refractivity contribution in [2.24, 2.45) is 5.92 Å². The molecule has 1 aromatic rings. The van der Waals surface area contributed by atoms with E-state index in [1.54, 1.807) is 0 Å². The van der Waals surface area contributed by atoms with Crippen molar-refractivity contribution in [2.75, 3.05) is 6.61 Å². The van der Waals surface area contributed by atoms with Gasteiger partial charge in [0.2, 0.25) is 0 Å². The molecule has 1 nitrogen and oxygen atoms in total. The molecule has 0 heterocycles. The van der Waals surface area contributed by atoms with Crippen molar-refractivity contribution < 1.29 is 4.74 Å². The van der Waals surface area contributed by atoms with Crippen LogP contribution < -0.4 is 4.74 Å². The number of hydrogen-bond acceptors (Lipinski definition) is 1. The van der Waals surface area contributed by atoms with Crippen LogP contribution in [0.2, 0.25) is 0 Å². The zero-order valence-corrected chi connectivity index (χ0v) is 14.4. The highest BCUT2D eigenvalue weighted by molar-refractivity contribution is 9.10. The van der Waals surface area contributed by atoms with Crippen molar-refractivity contribution in [1.82, 2.24) is 0 Å². The van der Waals surface area contributed by atoms with E-state index < -0.39 is 0 Å². The fourth-order valence-corrected chi connectivity index (χ4v) is 3.08. The second kappa shape index (κ2) is 8.98. The van der Waals surface area contributed by atoms with E-state index in [9.17, 15) is 0 Å². The Labute approximate surface area is 128 Å². The molecule has 0 saturated carbocycles. The molecule has 0 spiro atoms. The Morgan fingerprint density at radius 1 is 1.28 bits per heavy atom. The monoisotopic (exact) mass is 376 g/mol. The van der Waals surface area contributed by atoms with Crippen LogP contribution in [0.3, 0.4) is 0 Å². The van der Waals surface area contributed by atoms with Gasteiger partial charge in [0.05, 0.1) is 6.61 Å². The van der Waals surface area contributed by atoms with Crippen LogP contribution in [-0.4, -0.2) is 6.61 Å². The summed E-state index contributed by atoms with van der Waals surface area (Å²) in [4.78, 5) is 0. The molecule has 3 heteroatoms. The third kappa shape index (κ3) is 5.31. The van der Waals surface area contributed by atoms with Crippen molar-refractivity contribution in [3.05, 3.63) is 28.2 Å². The zero-order valence-electron chi connectivity index (χ0n) is 11.2. The Morgan fingerprint density at radius 3 is 2.67 bits per heavy atom. The molecule has 1 atom stereocenters. The van der Waals surface area contributed by atoms with Gasteiger partial charge >= 0.3 is 0 Å². The first-order valence-electron chi connectivity index (χ1n) is 6.68. The average molecular weight is 378 g/mol. The van der Waals surface area contributed by atoms with Gasteiger partial charge in [0, 0.05) is 9.80 Å². The Hall–Kier alpha value is -0.0200. The lowest BCUT2D eigenvalue weighted by Gasteiger charge is -2.16. The Bertz CT molecular complexity index is 352. The molecule has 0 saturated heterocycles. The lowest BCUT2D eigenvalue weighted by molar-refractivity contribution is 0.233. The van der Waals surface area contributed by atoms with Gasteiger partial charge in [-0.1, -0.05) is 65.0 Å². The van der Waals surface area contributed by atoms with Crippen LogP contribution in [0.25, 0.3) is 0 Å². The highest BCUT2D eigenvalue weighted by Crippen LogP contribution is 2.25. The van der Waals surface area contributed by atoms with Crippen molar-refractivity contribution in [3.8, 4) is 5.75 Å². The minimum Gasteiger partial charge on any atom is -0.493 e. The molecule has 1 rings (SSSR count). The normalized spacial score (nSPS) is 12.4. The smallest absolute Gasteiger partial charge is 0.119 e. The highest BCUT2D eigenvalue weighted by atomic mass is 79.9. The topological polar surface area (TPSA) is 9.23 Å². The molecule has 0 aromatic heterocycles. The van der Waals surface area contributed by atoms with Gasteiger partial charge in [0.1, 0.15) is 5.75 Å². The van der Waals surface area contributed by atoms with E-state index in [-0.39, 0.29) is 0 Å². The molecule has 0 aliphatic heterocycles. The first-order valence-corrected chi connectivity index (χ1v) is 8.59. The first kappa shape index (κ1) is 16.0. The molecular weight excluding hydrogens is 356 g/mol. The van der Waals surface area contributed by atoms with Crippen LogP contribution >= 0.6 is 31.9 Å². The van der Waals surface area contributed by atoms with Gasteiger partial charge in [-0.2, -0.15) is 0 Å². The number of rotatable bonds is 8. The fourth-order valence-electron chi connectivity index (χ4n) is 1.86. The van der Waals surface area contributed by atoms with Gasteiger partial charge in [-0.05, 0) is 36.1 Å². The third-order valence-corrected chi connectivity index (χ3v) is 4.57. The SMILES string of the molecule is CCCCC(CC)COc1ccc(Br)c(CBr)c1. The minimum atomic E-state index is 0.681. The molecule has 0 fully saturated rings. The second-order valence-corrected chi connectivity index (χ2v) is 6.03. The number of benzene rings is 1. The minimum absolute atomic E-state index is 0.681. The number of ether oxygens (including phenoxy) is 1. The molecule has 0 aliphatic rings. The number of unbranched alkanes of at least 4 members (excludes halogenated alkanes) is 1. The molecule has 0 radical (unpaired) electrons. The summed E-state index contributed by atoms with van der Waals surface area (Å²) in [5, 5.41) is 0.845. The maximum Gasteiger partial charge on any atom is 0.119 e. The Balaban J connectivity index is 2.51. The van der Waals surface area contributed by atoms with Crippen LogP contribution in [-0.2, 0) is 5.33 Å². The average Bonchev–Trinajstić information content (AvgIpc) is 2.40. The molecule has 18 heavy (non-hydrogen) atoms. The van der Waals surface area contributed by atoms with E-state index >= 15 is 0 Å². The number of halogens is 2. The summed E-state index contributed by atoms with van der Waals surface area (Å²) >= 11 is 7.02. The summed E-state index contributed by atoms with van der Waals surface area (Å²) in [6, 6.07) is 6.19. The quantitative estimate of drug-likeness (QED) is 0.509. The van der Waals surface area contributed by atoms with Crippen LogP contribution in [0.5, 0.6) is 5.75 Å². The predicted octanol–water partition coefficient (Wildman–Crippen LogP) is 5.94. The molecule has 1 unspecified atom stereocenters. The lowest BCUT2D eigenvalue weighted by atomic mass is 10.0. The van der Waals surface area contributed by atoms with Gasteiger partial charge in [0.15, 0.2) is 0 Å².